The van der Waals surface area contributed by atoms with E-state index in [0.29, 0.717) is 6.54 Å². The van der Waals surface area contributed by atoms with E-state index in [1.54, 1.807) is 11.3 Å². The van der Waals surface area contributed by atoms with E-state index in [1.807, 2.05) is 12.1 Å². The second kappa shape index (κ2) is 7.70. The number of halogens is 1. The molecule has 0 spiro atoms. The molecule has 7 heteroatoms. The van der Waals surface area contributed by atoms with Gasteiger partial charge < -0.3 is 20.1 Å². The van der Waals surface area contributed by atoms with Crippen LogP contribution in [-0.4, -0.2) is 19.3 Å². The summed E-state index contributed by atoms with van der Waals surface area (Å²) < 4.78 is 11.7. The third-order valence-electron chi connectivity index (χ3n) is 3.29. The van der Waals surface area contributed by atoms with Crippen molar-refractivity contribution in [1.82, 2.24) is 10.6 Å². The van der Waals surface area contributed by atoms with Gasteiger partial charge in [-0.25, -0.2) is 4.99 Å². The van der Waals surface area contributed by atoms with Crippen LogP contribution in [0.15, 0.2) is 38.4 Å². The highest BCUT2D eigenvalue weighted by Gasteiger charge is 2.17. The molecule has 0 saturated heterocycles. The van der Waals surface area contributed by atoms with E-state index in [4.69, 9.17) is 9.47 Å². The number of nitrogens with one attached hydrogen (secondary N) is 2. The van der Waals surface area contributed by atoms with Crippen LogP contribution in [-0.2, 0) is 13.1 Å². The summed E-state index contributed by atoms with van der Waals surface area (Å²) in [6.45, 7) is 4.47. The lowest BCUT2D eigenvalue weighted by atomic mass is 10.2. The molecule has 1 aromatic heterocycles. The minimum Gasteiger partial charge on any atom is -0.454 e. The Morgan fingerprint density at radius 1 is 1.30 bits per heavy atom. The SMILES string of the molecule is CCNC(=NCc1cc(Br)c2c(c1)OCO2)NCc1ccsc1. The molecule has 0 saturated carbocycles. The molecule has 0 radical (unpaired) electrons. The Bertz CT molecular complexity index is 689. The first-order valence-electron chi connectivity index (χ1n) is 7.37. The number of nitrogens with zero attached hydrogens (tertiary/aromatic N) is 1. The lowest BCUT2D eigenvalue weighted by Gasteiger charge is -2.11. The number of thiophene rings is 1. The van der Waals surface area contributed by atoms with E-state index >= 15 is 0 Å². The number of ether oxygens (including phenoxy) is 2. The van der Waals surface area contributed by atoms with Crippen LogP contribution in [0.5, 0.6) is 11.5 Å². The molecule has 0 unspecified atom stereocenters. The number of aliphatic imine (C=N–C) groups is 1. The van der Waals surface area contributed by atoms with Crippen molar-refractivity contribution in [3.63, 3.8) is 0 Å². The van der Waals surface area contributed by atoms with Crippen molar-refractivity contribution in [3.8, 4) is 11.5 Å². The minimum atomic E-state index is 0.269. The molecule has 0 bridgehead atoms. The topological polar surface area (TPSA) is 54.9 Å². The van der Waals surface area contributed by atoms with Gasteiger partial charge in [-0.3, -0.25) is 0 Å². The number of hydrogen-bond acceptors (Lipinski definition) is 4. The molecule has 3 rings (SSSR count). The Morgan fingerprint density at radius 3 is 3.00 bits per heavy atom. The highest BCUT2D eigenvalue weighted by atomic mass is 79.9. The Morgan fingerprint density at radius 2 is 2.22 bits per heavy atom. The van der Waals surface area contributed by atoms with Gasteiger partial charge in [0.05, 0.1) is 11.0 Å². The van der Waals surface area contributed by atoms with Crippen LogP contribution < -0.4 is 20.1 Å². The molecule has 5 nitrogen and oxygen atoms in total. The second-order valence-electron chi connectivity index (χ2n) is 4.99. The van der Waals surface area contributed by atoms with Gasteiger partial charge in [-0.1, -0.05) is 0 Å². The molecule has 122 valence electrons. The van der Waals surface area contributed by atoms with Crippen LogP contribution in [0, 0.1) is 0 Å². The first-order chi connectivity index (χ1) is 11.3. The molecule has 0 fully saturated rings. The van der Waals surface area contributed by atoms with Crippen molar-refractivity contribution in [1.29, 1.82) is 0 Å². The number of guanidine groups is 1. The molecule has 0 atom stereocenters. The second-order valence-corrected chi connectivity index (χ2v) is 6.63. The van der Waals surface area contributed by atoms with Crippen molar-refractivity contribution in [2.75, 3.05) is 13.3 Å². The molecule has 0 aliphatic carbocycles. The standard InChI is InChI=1S/C16H18BrN3O2S/c1-2-18-16(19-7-11-3-4-23-9-11)20-8-12-5-13(17)15-14(6-12)21-10-22-15/h3-6,9H,2,7-8,10H2,1H3,(H2,18,19,20). The van der Waals surface area contributed by atoms with E-state index in [0.717, 1.165) is 40.6 Å². The van der Waals surface area contributed by atoms with Gasteiger partial charge in [0.15, 0.2) is 17.5 Å². The summed E-state index contributed by atoms with van der Waals surface area (Å²) in [6, 6.07) is 6.09. The third-order valence-corrected chi connectivity index (χ3v) is 4.61. The molecule has 1 aliphatic heterocycles. The zero-order valence-electron chi connectivity index (χ0n) is 12.8. The van der Waals surface area contributed by atoms with Crippen molar-refractivity contribution in [2.45, 2.75) is 20.0 Å². The lowest BCUT2D eigenvalue weighted by molar-refractivity contribution is 0.173. The number of fused-ring (bicyclic) bond motifs is 1. The van der Waals surface area contributed by atoms with E-state index in [-0.39, 0.29) is 6.79 Å². The first-order valence-corrected chi connectivity index (χ1v) is 9.11. The smallest absolute Gasteiger partial charge is 0.231 e. The maximum absolute atomic E-state index is 5.44. The molecule has 0 amide bonds. The highest BCUT2D eigenvalue weighted by Crippen LogP contribution is 2.40. The largest absolute Gasteiger partial charge is 0.454 e. The van der Waals surface area contributed by atoms with Gasteiger partial charge in [-0.15, -0.1) is 0 Å². The van der Waals surface area contributed by atoms with Gasteiger partial charge in [-0.05, 0) is 62.9 Å². The Labute approximate surface area is 147 Å². The Kier molecular flexibility index (Phi) is 5.40. The number of benzene rings is 1. The summed E-state index contributed by atoms with van der Waals surface area (Å²) in [7, 11) is 0. The summed E-state index contributed by atoms with van der Waals surface area (Å²) in [4.78, 5) is 4.63. The minimum absolute atomic E-state index is 0.269. The van der Waals surface area contributed by atoms with Crippen LogP contribution in [0.25, 0.3) is 0 Å². The van der Waals surface area contributed by atoms with Gasteiger partial charge in [0.2, 0.25) is 6.79 Å². The molecule has 1 aliphatic rings. The lowest BCUT2D eigenvalue weighted by Crippen LogP contribution is -2.36. The zero-order valence-corrected chi connectivity index (χ0v) is 15.2. The van der Waals surface area contributed by atoms with E-state index in [9.17, 15) is 0 Å². The molecule has 2 aromatic rings. The van der Waals surface area contributed by atoms with Crippen LogP contribution >= 0.6 is 27.3 Å². The van der Waals surface area contributed by atoms with Crippen LogP contribution in [0.4, 0.5) is 0 Å². The number of rotatable bonds is 5. The van der Waals surface area contributed by atoms with Crippen molar-refractivity contribution in [3.05, 3.63) is 44.6 Å². The van der Waals surface area contributed by atoms with Gasteiger partial charge in [0.1, 0.15) is 0 Å². The maximum atomic E-state index is 5.44. The summed E-state index contributed by atoms with van der Waals surface area (Å²) in [5.74, 6) is 2.33. The number of hydrogen-bond donors (Lipinski definition) is 2. The van der Waals surface area contributed by atoms with E-state index < -0.39 is 0 Å². The molecule has 23 heavy (non-hydrogen) atoms. The molecule has 2 N–H and O–H groups in total. The van der Waals surface area contributed by atoms with E-state index in [2.05, 4.69) is 55.3 Å². The molecule has 2 heterocycles. The maximum Gasteiger partial charge on any atom is 0.231 e. The predicted molar refractivity (Wildman–Crippen MR) is 96.2 cm³/mol. The summed E-state index contributed by atoms with van der Waals surface area (Å²) in [5, 5.41) is 10.8. The van der Waals surface area contributed by atoms with Crippen molar-refractivity contribution in [2.24, 2.45) is 4.99 Å². The average molecular weight is 396 g/mol. The van der Waals surface area contributed by atoms with Crippen molar-refractivity contribution < 1.29 is 9.47 Å². The summed E-state index contributed by atoms with van der Waals surface area (Å²) in [6.07, 6.45) is 0. The molecular formula is C16H18BrN3O2S. The fourth-order valence-corrected chi connectivity index (χ4v) is 3.48. The Hall–Kier alpha value is -1.73. The van der Waals surface area contributed by atoms with Crippen LogP contribution in [0.3, 0.4) is 0 Å². The van der Waals surface area contributed by atoms with Crippen molar-refractivity contribution >= 4 is 33.2 Å². The third kappa shape index (κ3) is 4.17. The first kappa shape index (κ1) is 16.1. The monoisotopic (exact) mass is 395 g/mol. The summed E-state index contributed by atoms with van der Waals surface area (Å²) >= 11 is 5.21. The van der Waals surface area contributed by atoms with Gasteiger partial charge in [0, 0.05) is 13.1 Å². The van der Waals surface area contributed by atoms with Gasteiger partial charge >= 0.3 is 0 Å². The fraction of sp³-hybridized carbons (Fsp3) is 0.312. The zero-order chi connectivity index (χ0) is 16.1. The normalized spacial score (nSPS) is 13.2. The molecular weight excluding hydrogens is 378 g/mol. The van der Waals surface area contributed by atoms with Crippen LogP contribution in [0.2, 0.25) is 0 Å². The fourth-order valence-electron chi connectivity index (χ4n) is 2.20. The van der Waals surface area contributed by atoms with Gasteiger partial charge in [0.25, 0.3) is 0 Å². The van der Waals surface area contributed by atoms with E-state index in [1.165, 1.54) is 5.56 Å². The highest BCUT2D eigenvalue weighted by molar-refractivity contribution is 9.10. The quantitative estimate of drug-likeness (QED) is 0.600. The van der Waals surface area contributed by atoms with Crippen LogP contribution in [0.1, 0.15) is 18.1 Å². The predicted octanol–water partition coefficient (Wildman–Crippen LogP) is 3.49. The Balaban J connectivity index is 1.66. The molecule has 1 aromatic carbocycles. The summed E-state index contributed by atoms with van der Waals surface area (Å²) in [5.41, 5.74) is 2.32. The average Bonchev–Trinajstić information content (AvgIpc) is 3.21. The van der Waals surface area contributed by atoms with Gasteiger partial charge in [-0.2, -0.15) is 11.3 Å².